The summed E-state index contributed by atoms with van der Waals surface area (Å²) in [6, 6.07) is 6.73. The van der Waals surface area contributed by atoms with E-state index in [1.165, 1.54) is 17.7 Å². The highest BCUT2D eigenvalue weighted by Gasteiger charge is 2.46. The molecule has 2 N–H and O–H groups in total. The van der Waals surface area contributed by atoms with Gasteiger partial charge in [0.15, 0.2) is 0 Å². The third-order valence-corrected chi connectivity index (χ3v) is 5.40. The fourth-order valence-corrected chi connectivity index (χ4v) is 4.25. The number of benzene rings is 1. The molecular formula is C17H24FNO2. The van der Waals surface area contributed by atoms with Crippen molar-refractivity contribution in [3.8, 4) is 0 Å². The maximum Gasteiger partial charge on any atom is 0.123 e. The number of aliphatic hydroxyl groups is 2. The van der Waals surface area contributed by atoms with Crippen molar-refractivity contribution < 1.29 is 14.6 Å². The Morgan fingerprint density at radius 2 is 1.86 bits per heavy atom. The molecule has 0 amide bonds. The van der Waals surface area contributed by atoms with Crippen molar-refractivity contribution in [2.24, 2.45) is 23.7 Å². The van der Waals surface area contributed by atoms with Gasteiger partial charge in [0.1, 0.15) is 5.82 Å². The zero-order valence-electron chi connectivity index (χ0n) is 12.3. The summed E-state index contributed by atoms with van der Waals surface area (Å²) in [5.74, 6) is 1.50. The van der Waals surface area contributed by atoms with Crippen LogP contribution in [0.25, 0.3) is 0 Å². The van der Waals surface area contributed by atoms with Crippen LogP contribution in [0.3, 0.4) is 0 Å². The van der Waals surface area contributed by atoms with Crippen LogP contribution in [0.1, 0.15) is 12.0 Å². The Balaban J connectivity index is 1.53. The molecule has 2 aliphatic rings. The summed E-state index contributed by atoms with van der Waals surface area (Å²) in [4.78, 5) is 2.45. The molecule has 1 heterocycles. The molecule has 1 aromatic rings. The molecule has 4 atom stereocenters. The van der Waals surface area contributed by atoms with E-state index in [2.05, 4.69) is 4.90 Å². The molecule has 1 aromatic carbocycles. The minimum absolute atomic E-state index is 0.185. The predicted molar refractivity (Wildman–Crippen MR) is 79.3 cm³/mol. The fraction of sp³-hybridized carbons (Fsp3) is 0.647. The summed E-state index contributed by atoms with van der Waals surface area (Å²) >= 11 is 0. The Kier molecular flexibility index (Phi) is 4.57. The molecular weight excluding hydrogens is 269 g/mol. The second-order valence-electron chi connectivity index (χ2n) is 6.58. The third kappa shape index (κ3) is 3.12. The van der Waals surface area contributed by atoms with E-state index >= 15 is 0 Å². The van der Waals surface area contributed by atoms with E-state index in [-0.39, 0.29) is 30.9 Å². The van der Waals surface area contributed by atoms with Crippen molar-refractivity contribution >= 4 is 0 Å². The van der Waals surface area contributed by atoms with Crippen LogP contribution in [0.15, 0.2) is 24.3 Å². The van der Waals surface area contributed by atoms with Crippen molar-refractivity contribution in [1.29, 1.82) is 0 Å². The largest absolute Gasteiger partial charge is 0.396 e. The lowest BCUT2D eigenvalue weighted by Crippen LogP contribution is -2.29. The highest BCUT2D eigenvalue weighted by molar-refractivity contribution is 5.16. The Morgan fingerprint density at radius 1 is 1.10 bits per heavy atom. The van der Waals surface area contributed by atoms with Gasteiger partial charge >= 0.3 is 0 Å². The van der Waals surface area contributed by atoms with Gasteiger partial charge < -0.3 is 15.1 Å². The van der Waals surface area contributed by atoms with Crippen LogP contribution in [0.4, 0.5) is 4.39 Å². The molecule has 0 aromatic heterocycles. The van der Waals surface area contributed by atoms with Crippen LogP contribution in [-0.4, -0.2) is 48.0 Å². The first-order chi connectivity index (χ1) is 10.2. The van der Waals surface area contributed by atoms with E-state index in [1.807, 2.05) is 12.1 Å². The van der Waals surface area contributed by atoms with E-state index in [0.717, 1.165) is 32.5 Å². The first kappa shape index (κ1) is 14.9. The molecule has 1 aliphatic carbocycles. The number of nitrogens with zero attached hydrogens (tertiary/aromatic N) is 1. The van der Waals surface area contributed by atoms with Crippen molar-refractivity contribution in [1.82, 2.24) is 4.90 Å². The van der Waals surface area contributed by atoms with E-state index in [1.54, 1.807) is 0 Å². The summed E-state index contributed by atoms with van der Waals surface area (Å²) in [5.41, 5.74) is 1.17. The van der Waals surface area contributed by atoms with E-state index < -0.39 is 0 Å². The second-order valence-corrected chi connectivity index (χ2v) is 6.58. The van der Waals surface area contributed by atoms with Crippen molar-refractivity contribution in [2.75, 3.05) is 32.8 Å². The molecule has 0 radical (unpaired) electrons. The van der Waals surface area contributed by atoms with Crippen LogP contribution in [0.5, 0.6) is 0 Å². The standard InChI is InChI=1S/C17H24FNO2/c18-15-3-1-12(2-4-15)5-6-19-8-13-7-14(10-20)17(11-21)16(13)9-19/h1-4,13-14,16-17,20-21H,5-11H2/t13-,14+,16+,17-/m0/s1. The van der Waals surface area contributed by atoms with Gasteiger partial charge in [-0.25, -0.2) is 4.39 Å². The Bertz CT molecular complexity index is 464. The van der Waals surface area contributed by atoms with Gasteiger partial charge in [-0.2, -0.15) is 0 Å². The van der Waals surface area contributed by atoms with Gasteiger partial charge in [0.05, 0.1) is 0 Å². The first-order valence-electron chi connectivity index (χ1n) is 7.89. The predicted octanol–water partition coefficient (Wildman–Crippen LogP) is 1.54. The maximum atomic E-state index is 12.9. The highest BCUT2D eigenvalue weighted by atomic mass is 19.1. The Labute approximate surface area is 125 Å². The molecule has 116 valence electrons. The fourth-order valence-electron chi connectivity index (χ4n) is 4.25. The van der Waals surface area contributed by atoms with Gasteiger partial charge in [-0.3, -0.25) is 0 Å². The lowest BCUT2D eigenvalue weighted by atomic mass is 9.89. The SMILES string of the molecule is OC[C@H]1C[C@H]2CN(CCc3ccc(F)cc3)C[C@H]2[C@H]1CO. The van der Waals surface area contributed by atoms with E-state index in [9.17, 15) is 14.6 Å². The van der Waals surface area contributed by atoms with Crippen LogP contribution >= 0.6 is 0 Å². The molecule has 0 spiro atoms. The van der Waals surface area contributed by atoms with Crippen LogP contribution in [0, 0.1) is 29.5 Å². The number of rotatable bonds is 5. The number of halogens is 1. The van der Waals surface area contributed by atoms with E-state index in [4.69, 9.17) is 0 Å². The van der Waals surface area contributed by atoms with Gasteiger partial charge in [0.25, 0.3) is 0 Å². The highest BCUT2D eigenvalue weighted by Crippen LogP contribution is 2.45. The molecule has 4 heteroatoms. The zero-order valence-corrected chi connectivity index (χ0v) is 12.3. The molecule has 1 aliphatic heterocycles. The Morgan fingerprint density at radius 3 is 2.52 bits per heavy atom. The van der Waals surface area contributed by atoms with Crippen molar-refractivity contribution in [2.45, 2.75) is 12.8 Å². The van der Waals surface area contributed by atoms with Gasteiger partial charge in [0.2, 0.25) is 0 Å². The quantitative estimate of drug-likeness (QED) is 0.865. The van der Waals surface area contributed by atoms with Gasteiger partial charge in [-0.15, -0.1) is 0 Å². The van der Waals surface area contributed by atoms with Crippen molar-refractivity contribution in [3.05, 3.63) is 35.6 Å². The van der Waals surface area contributed by atoms with Crippen LogP contribution in [-0.2, 0) is 6.42 Å². The number of likely N-dealkylation sites (tertiary alicyclic amines) is 1. The van der Waals surface area contributed by atoms with E-state index in [0.29, 0.717) is 11.8 Å². The first-order valence-corrected chi connectivity index (χ1v) is 7.89. The summed E-state index contributed by atoms with van der Waals surface area (Å²) in [6.07, 6.45) is 1.98. The molecule has 2 fully saturated rings. The lowest BCUT2D eigenvalue weighted by Gasteiger charge is -2.23. The monoisotopic (exact) mass is 293 g/mol. The summed E-state index contributed by atoms with van der Waals surface area (Å²) in [6.45, 7) is 3.47. The molecule has 21 heavy (non-hydrogen) atoms. The van der Waals surface area contributed by atoms with Gasteiger partial charge in [-0.1, -0.05) is 12.1 Å². The molecule has 0 bridgehead atoms. The minimum Gasteiger partial charge on any atom is -0.396 e. The normalized spacial score (nSPS) is 32.5. The smallest absolute Gasteiger partial charge is 0.123 e. The van der Waals surface area contributed by atoms with Crippen molar-refractivity contribution in [3.63, 3.8) is 0 Å². The van der Waals surface area contributed by atoms with Crippen LogP contribution in [0.2, 0.25) is 0 Å². The topological polar surface area (TPSA) is 43.7 Å². The maximum absolute atomic E-state index is 12.9. The molecule has 0 unspecified atom stereocenters. The number of hydrogen-bond acceptors (Lipinski definition) is 3. The minimum atomic E-state index is -0.185. The molecule has 1 saturated heterocycles. The van der Waals surface area contributed by atoms with Gasteiger partial charge in [0, 0.05) is 32.8 Å². The average Bonchev–Trinajstić information content (AvgIpc) is 3.02. The number of aliphatic hydroxyl groups excluding tert-OH is 2. The summed E-state index contributed by atoms with van der Waals surface area (Å²) in [7, 11) is 0. The number of fused-ring (bicyclic) bond motifs is 1. The molecule has 3 rings (SSSR count). The van der Waals surface area contributed by atoms with Gasteiger partial charge in [-0.05, 0) is 54.2 Å². The zero-order chi connectivity index (χ0) is 14.8. The lowest BCUT2D eigenvalue weighted by molar-refractivity contribution is 0.111. The average molecular weight is 293 g/mol. The third-order valence-electron chi connectivity index (χ3n) is 5.40. The Hall–Kier alpha value is -0.970. The number of hydrogen-bond donors (Lipinski definition) is 2. The summed E-state index contributed by atoms with van der Waals surface area (Å²) < 4.78 is 12.9. The second kappa shape index (κ2) is 6.42. The molecule has 3 nitrogen and oxygen atoms in total. The molecule has 1 saturated carbocycles. The summed E-state index contributed by atoms with van der Waals surface area (Å²) in [5, 5.41) is 19.0. The van der Waals surface area contributed by atoms with Crippen LogP contribution < -0.4 is 0 Å².